The molecule has 0 aliphatic heterocycles. The molecule has 1 aromatic heterocycles. The second-order valence-corrected chi connectivity index (χ2v) is 4.92. The number of rotatable bonds is 3. The minimum atomic E-state index is -0.385. The standard InChI is InChI=1S/C13H13BrFN3O/c1-3-18-12(10(14)7-16-18)13(19)17-11-6-9(15)5-4-8(11)2/h4-7H,3H2,1-2H3,(H,17,19). The number of nitrogens with one attached hydrogen (secondary N) is 1. The summed E-state index contributed by atoms with van der Waals surface area (Å²) in [5.41, 5.74) is 1.68. The van der Waals surface area contributed by atoms with Crippen LogP contribution in [0.15, 0.2) is 28.9 Å². The molecule has 6 heteroatoms. The Morgan fingerprint density at radius 1 is 1.53 bits per heavy atom. The smallest absolute Gasteiger partial charge is 0.275 e. The van der Waals surface area contributed by atoms with Crippen molar-refractivity contribution in [3.8, 4) is 0 Å². The van der Waals surface area contributed by atoms with Crippen LogP contribution in [0.5, 0.6) is 0 Å². The first-order valence-corrected chi connectivity index (χ1v) is 6.61. The number of hydrogen-bond acceptors (Lipinski definition) is 2. The first-order chi connectivity index (χ1) is 9.02. The largest absolute Gasteiger partial charge is 0.320 e. The number of carbonyl (C=O) groups excluding carboxylic acids is 1. The summed E-state index contributed by atoms with van der Waals surface area (Å²) in [6, 6.07) is 4.28. The Hall–Kier alpha value is -1.69. The zero-order chi connectivity index (χ0) is 14.0. The highest BCUT2D eigenvalue weighted by molar-refractivity contribution is 9.10. The number of hydrogen-bond donors (Lipinski definition) is 1. The lowest BCUT2D eigenvalue weighted by Crippen LogP contribution is -2.18. The van der Waals surface area contributed by atoms with Crippen LogP contribution in [0.25, 0.3) is 0 Å². The van der Waals surface area contributed by atoms with Gasteiger partial charge in [-0.1, -0.05) is 6.07 Å². The Kier molecular flexibility index (Phi) is 3.99. The number of aromatic nitrogens is 2. The fourth-order valence-corrected chi connectivity index (χ4v) is 2.21. The Morgan fingerprint density at radius 3 is 2.95 bits per heavy atom. The number of nitrogens with zero attached hydrogens (tertiary/aromatic N) is 2. The van der Waals surface area contributed by atoms with Gasteiger partial charge in [0.2, 0.25) is 0 Å². The maximum Gasteiger partial charge on any atom is 0.275 e. The second-order valence-electron chi connectivity index (χ2n) is 4.07. The fraction of sp³-hybridized carbons (Fsp3) is 0.231. The summed E-state index contributed by atoms with van der Waals surface area (Å²) in [7, 11) is 0. The lowest BCUT2D eigenvalue weighted by Gasteiger charge is -2.10. The molecule has 1 amide bonds. The van der Waals surface area contributed by atoms with Crippen molar-refractivity contribution in [3.63, 3.8) is 0 Å². The third-order valence-corrected chi connectivity index (χ3v) is 3.34. The van der Waals surface area contributed by atoms with Crippen LogP contribution >= 0.6 is 15.9 Å². The number of anilines is 1. The Bertz CT molecular complexity index is 624. The molecule has 2 rings (SSSR count). The highest BCUT2D eigenvalue weighted by Gasteiger charge is 2.17. The molecule has 19 heavy (non-hydrogen) atoms. The highest BCUT2D eigenvalue weighted by atomic mass is 79.9. The van der Waals surface area contributed by atoms with Crippen molar-refractivity contribution < 1.29 is 9.18 Å². The molecular weight excluding hydrogens is 313 g/mol. The van der Waals surface area contributed by atoms with E-state index in [1.165, 1.54) is 12.1 Å². The summed E-state index contributed by atoms with van der Waals surface area (Å²) in [5.74, 6) is -0.705. The van der Waals surface area contributed by atoms with E-state index in [1.54, 1.807) is 23.9 Å². The molecule has 100 valence electrons. The van der Waals surface area contributed by atoms with Gasteiger partial charge < -0.3 is 5.32 Å². The van der Waals surface area contributed by atoms with E-state index >= 15 is 0 Å². The van der Waals surface area contributed by atoms with Gasteiger partial charge in [0, 0.05) is 12.2 Å². The molecule has 0 spiro atoms. The van der Waals surface area contributed by atoms with Gasteiger partial charge >= 0.3 is 0 Å². The SMILES string of the molecule is CCn1ncc(Br)c1C(=O)Nc1cc(F)ccc1C. The normalized spacial score (nSPS) is 10.5. The van der Waals surface area contributed by atoms with Crippen molar-refractivity contribution in [1.29, 1.82) is 0 Å². The maximum atomic E-state index is 13.2. The molecule has 4 nitrogen and oxygen atoms in total. The summed E-state index contributed by atoms with van der Waals surface area (Å²) in [4.78, 5) is 12.2. The summed E-state index contributed by atoms with van der Waals surface area (Å²) >= 11 is 3.29. The van der Waals surface area contributed by atoms with Crippen LogP contribution in [0.1, 0.15) is 23.0 Å². The molecule has 0 saturated heterocycles. The predicted molar refractivity (Wildman–Crippen MR) is 74.7 cm³/mol. The molecule has 0 saturated carbocycles. The number of halogens is 2. The van der Waals surface area contributed by atoms with E-state index in [-0.39, 0.29) is 11.7 Å². The third kappa shape index (κ3) is 2.84. The lowest BCUT2D eigenvalue weighted by molar-refractivity contribution is 0.101. The van der Waals surface area contributed by atoms with E-state index in [4.69, 9.17) is 0 Å². The van der Waals surface area contributed by atoms with Gasteiger partial charge in [0.05, 0.1) is 10.7 Å². The molecule has 0 atom stereocenters. The Labute approximate surface area is 118 Å². The van der Waals surface area contributed by atoms with Crippen LogP contribution < -0.4 is 5.32 Å². The summed E-state index contributed by atoms with van der Waals surface area (Å²) in [6.45, 7) is 4.28. The molecule has 1 heterocycles. The quantitative estimate of drug-likeness (QED) is 0.940. The molecular formula is C13H13BrFN3O. The number of benzene rings is 1. The first kappa shape index (κ1) is 13.7. The second kappa shape index (κ2) is 5.52. The van der Waals surface area contributed by atoms with E-state index in [0.29, 0.717) is 22.4 Å². The highest BCUT2D eigenvalue weighted by Crippen LogP contribution is 2.20. The van der Waals surface area contributed by atoms with Gasteiger partial charge in [-0.25, -0.2) is 4.39 Å². The van der Waals surface area contributed by atoms with E-state index in [9.17, 15) is 9.18 Å². The first-order valence-electron chi connectivity index (χ1n) is 5.81. The number of amides is 1. The summed E-state index contributed by atoms with van der Waals surface area (Å²) in [6.07, 6.45) is 1.57. The van der Waals surface area contributed by atoms with Crippen molar-refractivity contribution in [1.82, 2.24) is 9.78 Å². The minimum Gasteiger partial charge on any atom is -0.320 e. The topological polar surface area (TPSA) is 46.9 Å². The monoisotopic (exact) mass is 325 g/mol. The van der Waals surface area contributed by atoms with Crippen LogP contribution in [0.4, 0.5) is 10.1 Å². The van der Waals surface area contributed by atoms with Gasteiger partial charge in [-0.15, -0.1) is 0 Å². The van der Waals surface area contributed by atoms with Crippen molar-refractivity contribution in [2.24, 2.45) is 0 Å². The van der Waals surface area contributed by atoms with Crippen molar-refractivity contribution in [3.05, 3.63) is 45.9 Å². The van der Waals surface area contributed by atoms with Crippen molar-refractivity contribution >= 4 is 27.5 Å². The zero-order valence-corrected chi connectivity index (χ0v) is 12.2. The number of aryl methyl sites for hydroxylation is 2. The van der Waals surface area contributed by atoms with E-state index in [2.05, 4.69) is 26.3 Å². The van der Waals surface area contributed by atoms with Crippen molar-refractivity contribution in [2.45, 2.75) is 20.4 Å². The van der Waals surface area contributed by atoms with Crippen LogP contribution in [0, 0.1) is 12.7 Å². The van der Waals surface area contributed by atoms with Gasteiger partial charge in [-0.3, -0.25) is 9.48 Å². The molecule has 0 unspecified atom stereocenters. The van der Waals surface area contributed by atoms with Crippen LogP contribution in [-0.2, 0) is 6.54 Å². The Morgan fingerprint density at radius 2 is 2.26 bits per heavy atom. The molecule has 1 aromatic carbocycles. The van der Waals surface area contributed by atoms with Crippen LogP contribution in [0.3, 0.4) is 0 Å². The third-order valence-electron chi connectivity index (χ3n) is 2.76. The van der Waals surface area contributed by atoms with Gasteiger partial charge in [0.25, 0.3) is 5.91 Å². The van der Waals surface area contributed by atoms with Gasteiger partial charge in [-0.2, -0.15) is 5.10 Å². The minimum absolute atomic E-state index is 0.320. The maximum absolute atomic E-state index is 13.2. The van der Waals surface area contributed by atoms with Crippen LogP contribution in [-0.4, -0.2) is 15.7 Å². The van der Waals surface area contributed by atoms with Crippen molar-refractivity contribution in [2.75, 3.05) is 5.32 Å². The zero-order valence-electron chi connectivity index (χ0n) is 10.6. The lowest BCUT2D eigenvalue weighted by atomic mass is 10.2. The average molecular weight is 326 g/mol. The summed E-state index contributed by atoms with van der Waals surface area (Å²) < 4.78 is 15.4. The predicted octanol–water partition coefficient (Wildman–Crippen LogP) is 3.37. The van der Waals surface area contributed by atoms with E-state index in [0.717, 1.165) is 5.56 Å². The number of carbonyl (C=O) groups is 1. The summed E-state index contributed by atoms with van der Waals surface area (Å²) in [5, 5.41) is 6.77. The molecule has 0 aliphatic rings. The van der Waals surface area contributed by atoms with E-state index < -0.39 is 0 Å². The van der Waals surface area contributed by atoms with Gasteiger partial charge in [0.1, 0.15) is 11.5 Å². The molecule has 0 bridgehead atoms. The fourth-order valence-electron chi connectivity index (χ4n) is 1.74. The molecule has 2 aromatic rings. The molecule has 0 radical (unpaired) electrons. The Balaban J connectivity index is 2.30. The molecule has 0 fully saturated rings. The van der Waals surface area contributed by atoms with Crippen LogP contribution in [0.2, 0.25) is 0 Å². The molecule has 1 N–H and O–H groups in total. The van der Waals surface area contributed by atoms with Gasteiger partial charge in [-0.05, 0) is 47.5 Å². The van der Waals surface area contributed by atoms with Gasteiger partial charge in [0.15, 0.2) is 0 Å². The molecule has 0 aliphatic carbocycles. The van der Waals surface area contributed by atoms with E-state index in [1.807, 2.05) is 6.92 Å². The average Bonchev–Trinajstić information content (AvgIpc) is 2.75.